The van der Waals surface area contributed by atoms with Crippen LogP contribution in [0.1, 0.15) is 39.8 Å². The van der Waals surface area contributed by atoms with Crippen molar-refractivity contribution in [2.24, 2.45) is 0 Å². The van der Waals surface area contributed by atoms with Crippen LogP contribution in [0.5, 0.6) is 5.75 Å². The molecule has 0 amide bonds. The molecule has 2 rings (SSSR count). The number of nitrogens with one attached hydrogen (secondary N) is 1. The molecule has 1 N–H and O–H groups in total. The first-order chi connectivity index (χ1) is 9.90. The van der Waals surface area contributed by atoms with Gasteiger partial charge in [-0.3, -0.25) is 4.79 Å². The van der Waals surface area contributed by atoms with E-state index < -0.39 is 0 Å². The van der Waals surface area contributed by atoms with Gasteiger partial charge in [0.1, 0.15) is 11.6 Å². The first kappa shape index (κ1) is 15.3. The standard InChI is InChI=1S/C17H22N2O2/c1-5-9-21-13-8-6-7-12(10-13)16-18-14(17(2,3)4)11-15(20)19-16/h6-8,10-11H,5,9H2,1-4H3,(H,18,19,20). The Morgan fingerprint density at radius 2 is 2.00 bits per heavy atom. The van der Waals surface area contributed by atoms with Gasteiger partial charge in [0.2, 0.25) is 0 Å². The summed E-state index contributed by atoms with van der Waals surface area (Å²) in [5.74, 6) is 1.37. The molecular weight excluding hydrogens is 264 g/mol. The lowest BCUT2D eigenvalue weighted by Gasteiger charge is -2.18. The molecule has 0 unspecified atom stereocenters. The molecule has 0 fully saturated rings. The number of rotatable bonds is 4. The van der Waals surface area contributed by atoms with E-state index in [9.17, 15) is 4.79 Å². The molecule has 1 aromatic heterocycles. The molecule has 21 heavy (non-hydrogen) atoms. The second kappa shape index (κ2) is 6.12. The Kier molecular flexibility index (Phi) is 4.46. The summed E-state index contributed by atoms with van der Waals surface area (Å²) in [4.78, 5) is 19.2. The Labute approximate surface area is 125 Å². The van der Waals surface area contributed by atoms with Crippen molar-refractivity contribution in [1.29, 1.82) is 0 Å². The molecule has 4 nitrogen and oxygen atoms in total. The monoisotopic (exact) mass is 286 g/mol. The van der Waals surface area contributed by atoms with Gasteiger partial charge in [-0.2, -0.15) is 0 Å². The van der Waals surface area contributed by atoms with Crippen LogP contribution in [0.4, 0.5) is 0 Å². The molecule has 0 bridgehead atoms. The normalized spacial score (nSPS) is 11.4. The molecule has 0 aliphatic heterocycles. The quantitative estimate of drug-likeness (QED) is 0.935. The number of hydrogen-bond donors (Lipinski definition) is 1. The zero-order chi connectivity index (χ0) is 15.5. The molecule has 0 aliphatic carbocycles. The number of ether oxygens (including phenoxy) is 1. The van der Waals surface area contributed by atoms with Crippen molar-refractivity contribution < 1.29 is 4.74 Å². The van der Waals surface area contributed by atoms with Crippen molar-refractivity contribution in [1.82, 2.24) is 9.97 Å². The van der Waals surface area contributed by atoms with E-state index >= 15 is 0 Å². The Morgan fingerprint density at radius 1 is 1.24 bits per heavy atom. The van der Waals surface area contributed by atoms with Gasteiger partial charge in [-0.1, -0.05) is 39.8 Å². The third-order valence-corrected chi connectivity index (χ3v) is 3.09. The zero-order valence-electron chi connectivity index (χ0n) is 13.1. The van der Waals surface area contributed by atoms with Crippen LogP contribution in [0.3, 0.4) is 0 Å². The highest BCUT2D eigenvalue weighted by Crippen LogP contribution is 2.24. The molecule has 0 saturated heterocycles. The summed E-state index contributed by atoms with van der Waals surface area (Å²) < 4.78 is 5.63. The van der Waals surface area contributed by atoms with Gasteiger partial charge in [0, 0.05) is 17.0 Å². The van der Waals surface area contributed by atoms with E-state index in [1.807, 2.05) is 45.0 Å². The summed E-state index contributed by atoms with van der Waals surface area (Å²) in [6, 6.07) is 9.19. The largest absolute Gasteiger partial charge is 0.494 e. The topological polar surface area (TPSA) is 55.0 Å². The van der Waals surface area contributed by atoms with Crippen molar-refractivity contribution >= 4 is 0 Å². The molecule has 1 heterocycles. The number of hydrogen-bond acceptors (Lipinski definition) is 3. The van der Waals surface area contributed by atoms with Crippen molar-refractivity contribution in [2.45, 2.75) is 39.5 Å². The fourth-order valence-corrected chi connectivity index (χ4v) is 1.93. The molecule has 1 aromatic carbocycles. The predicted molar refractivity (Wildman–Crippen MR) is 84.8 cm³/mol. The number of nitrogens with zero attached hydrogens (tertiary/aromatic N) is 1. The van der Waals surface area contributed by atoms with Crippen LogP contribution in [0.25, 0.3) is 11.4 Å². The number of aromatic amines is 1. The van der Waals surface area contributed by atoms with Gasteiger partial charge >= 0.3 is 0 Å². The maximum atomic E-state index is 11.9. The number of benzene rings is 1. The molecule has 0 spiro atoms. The summed E-state index contributed by atoms with van der Waals surface area (Å²) in [5.41, 5.74) is 1.33. The van der Waals surface area contributed by atoms with Crippen LogP contribution in [0.2, 0.25) is 0 Å². The first-order valence-corrected chi connectivity index (χ1v) is 7.25. The third kappa shape index (κ3) is 3.94. The van der Waals surface area contributed by atoms with Crippen LogP contribution < -0.4 is 10.3 Å². The smallest absolute Gasteiger partial charge is 0.251 e. The molecule has 0 radical (unpaired) electrons. The SMILES string of the molecule is CCCOc1cccc(-c2nc(C(C)(C)C)cc(=O)[nH]2)c1. The van der Waals surface area contributed by atoms with E-state index in [2.05, 4.69) is 16.9 Å². The Morgan fingerprint density at radius 3 is 2.67 bits per heavy atom. The van der Waals surface area contributed by atoms with Crippen LogP contribution in [0.15, 0.2) is 35.1 Å². The van der Waals surface area contributed by atoms with Crippen LogP contribution in [0, 0.1) is 0 Å². The molecule has 2 aromatic rings. The van der Waals surface area contributed by atoms with E-state index in [4.69, 9.17) is 4.74 Å². The molecule has 112 valence electrons. The second-order valence-electron chi connectivity index (χ2n) is 6.11. The fraction of sp³-hybridized carbons (Fsp3) is 0.412. The van der Waals surface area contributed by atoms with E-state index in [0.717, 1.165) is 23.4 Å². The van der Waals surface area contributed by atoms with Crippen LogP contribution >= 0.6 is 0 Å². The van der Waals surface area contributed by atoms with Crippen LogP contribution in [-0.2, 0) is 5.41 Å². The summed E-state index contributed by atoms with van der Waals surface area (Å²) >= 11 is 0. The molecule has 0 atom stereocenters. The van der Waals surface area contributed by atoms with Gasteiger partial charge in [-0.15, -0.1) is 0 Å². The van der Waals surface area contributed by atoms with E-state index in [0.29, 0.717) is 12.4 Å². The number of H-pyrrole nitrogens is 1. The summed E-state index contributed by atoms with van der Waals surface area (Å²) in [6.07, 6.45) is 0.957. The van der Waals surface area contributed by atoms with Gasteiger partial charge in [-0.05, 0) is 18.6 Å². The average Bonchev–Trinajstić information content (AvgIpc) is 2.44. The minimum atomic E-state index is -0.167. The third-order valence-electron chi connectivity index (χ3n) is 3.09. The Balaban J connectivity index is 2.42. The maximum Gasteiger partial charge on any atom is 0.251 e. The highest BCUT2D eigenvalue weighted by Gasteiger charge is 2.17. The van der Waals surface area contributed by atoms with Gasteiger partial charge in [0.15, 0.2) is 0 Å². The van der Waals surface area contributed by atoms with Crippen molar-refractivity contribution in [3.63, 3.8) is 0 Å². The van der Waals surface area contributed by atoms with Gasteiger partial charge in [0.05, 0.1) is 12.3 Å². The van der Waals surface area contributed by atoms with E-state index in [1.54, 1.807) is 6.07 Å². The fourth-order valence-electron chi connectivity index (χ4n) is 1.93. The first-order valence-electron chi connectivity index (χ1n) is 7.25. The Bertz CT molecular complexity index is 669. The lowest BCUT2D eigenvalue weighted by atomic mass is 9.92. The van der Waals surface area contributed by atoms with Crippen molar-refractivity contribution in [2.75, 3.05) is 6.61 Å². The molecular formula is C17H22N2O2. The van der Waals surface area contributed by atoms with E-state index in [-0.39, 0.29) is 11.0 Å². The lowest BCUT2D eigenvalue weighted by Crippen LogP contribution is -2.19. The minimum absolute atomic E-state index is 0.134. The lowest BCUT2D eigenvalue weighted by molar-refractivity contribution is 0.317. The number of aromatic nitrogens is 2. The van der Waals surface area contributed by atoms with Crippen molar-refractivity contribution in [3.8, 4) is 17.1 Å². The maximum absolute atomic E-state index is 11.9. The molecule has 0 aliphatic rings. The highest BCUT2D eigenvalue weighted by atomic mass is 16.5. The van der Waals surface area contributed by atoms with E-state index in [1.165, 1.54) is 0 Å². The summed E-state index contributed by atoms with van der Waals surface area (Å²) in [6.45, 7) is 8.86. The van der Waals surface area contributed by atoms with Gasteiger partial charge in [0.25, 0.3) is 5.56 Å². The summed E-state index contributed by atoms with van der Waals surface area (Å²) in [7, 11) is 0. The van der Waals surface area contributed by atoms with Gasteiger partial charge in [-0.25, -0.2) is 4.98 Å². The zero-order valence-corrected chi connectivity index (χ0v) is 13.1. The van der Waals surface area contributed by atoms with Crippen molar-refractivity contribution in [3.05, 3.63) is 46.4 Å². The Hall–Kier alpha value is -2.10. The predicted octanol–water partition coefficient (Wildman–Crippen LogP) is 3.52. The van der Waals surface area contributed by atoms with Crippen LogP contribution in [-0.4, -0.2) is 16.6 Å². The van der Waals surface area contributed by atoms with Gasteiger partial charge < -0.3 is 9.72 Å². The molecule has 4 heteroatoms. The highest BCUT2D eigenvalue weighted by molar-refractivity contribution is 5.57. The summed E-state index contributed by atoms with van der Waals surface area (Å²) in [5, 5.41) is 0. The average molecular weight is 286 g/mol. The minimum Gasteiger partial charge on any atom is -0.494 e. The molecule has 0 saturated carbocycles. The second-order valence-corrected chi connectivity index (χ2v) is 6.11.